The number of benzene rings is 1. The van der Waals surface area contributed by atoms with Crippen LogP contribution in [0, 0.1) is 5.82 Å². The van der Waals surface area contributed by atoms with Crippen molar-refractivity contribution in [3.8, 4) is 11.5 Å². The monoisotopic (exact) mass is 398 g/mol. The molecule has 2 heterocycles. The van der Waals surface area contributed by atoms with Gasteiger partial charge in [-0.15, -0.1) is 0 Å². The van der Waals surface area contributed by atoms with Crippen molar-refractivity contribution in [3.05, 3.63) is 52.7 Å². The molecule has 8 heteroatoms. The molecule has 1 N–H and O–H groups in total. The quantitative estimate of drug-likeness (QED) is 0.707. The third kappa shape index (κ3) is 4.07. The van der Waals surface area contributed by atoms with Crippen LogP contribution in [0.4, 0.5) is 10.3 Å². The normalized spacial score (nSPS) is 19.3. The van der Waals surface area contributed by atoms with Crippen LogP contribution in [-0.4, -0.2) is 33.8 Å². The molecule has 1 aliphatic carbocycles. The van der Waals surface area contributed by atoms with Crippen molar-refractivity contribution in [2.45, 2.75) is 37.8 Å². The molecule has 1 fully saturated rings. The predicted octanol–water partition coefficient (Wildman–Crippen LogP) is 3.63. The van der Waals surface area contributed by atoms with Crippen molar-refractivity contribution in [3.63, 3.8) is 0 Å². The number of halogens is 1. The molecule has 7 nitrogen and oxygen atoms in total. The maximum atomic E-state index is 13.9. The smallest absolute Gasteiger partial charge is 0.294 e. The lowest BCUT2D eigenvalue weighted by Crippen LogP contribution is -2.30. The molecule has 0 radical (unpaired) electrons. The topological polar surface area (TPSA) is 78.3 Å². The van der Waals surface area contributed by atoms with Gasteiger partial charge in [-0.2, -0.15) is 4.98 Å². The highest BCUT2D eigenvalue weighted by Crippen LogP contribution is 2.25. The number of aromatic nitrogens is 3. The third-order valence-corrected chi connectivity index (χ3v) is 5.31. The zero-order valence-electron chi connectivity index (χ0n) is 16.4. The molecule has 4 rings (SSSR count). The molecule has 0 spiro atoms. The Hall–Kier alpha value is -3.00. The summed E-state index contributed by atoms with van der Waals surface area (Å²) in [6.45, 7) is 0. The molecule has 0 atom stereocenters. The number of rotatable bonds is 5. The molecule has 2 aromatic heterocycles. The van der Waals surface area contributed by atoms with Crippen LogP contribution in [0.3, 0.4) is 0 Å². The number of hydrogen-bond acceptors (Lipinski definition) is 6. The summed E-state index contributed by atoms with van der Waals surface area (Å²) < 4.78 is 26.2. The van der Waals surface area contributed by atoms with E-state index in [2.05, 4.69) is 15.3 Å². The Morgan fingerprint density at radius 1 is 1.17 bits per heavy atom. The Labute approximate surface area is 167 Å². The zero-order chi connectivity index (χ0) is 20.4. The first kappa shape index (κ1) is 19.3. The third-order valence-electron chi connectivity index (χ3n) is 5.31. The molecule has 1 aromatic carbocycles. The van der Waals surface area contributed by atoms with Gasteiger partial charge in [0.05, 0.1) is 6.10 Å². The number of para-hydroxylation sites is 1. The van der Waals surface area contributed by atoms with Gasteiger partial charge in [0.25, 0.3) is 5.56 Å². The highest BCUT2D eigenvalue weighted by Gasteiger charge is 2.21. The van der Waals surface area contributed by atoms with Crippen LogP contribution in [0.5, 0.6) is 11.5 Å². The Morgan fingerprint density at radius 2 is 1.93 bits per heavy atom. The van der Waals surface area contributed by atoms with Crippen LogP contribution in [0.25, 0.3) is 11.0 Å². The largest absolute Gasteiger partial charge is 0.448 e. The van der Waals surface area contributed by atoms with E-state index in [9.17, 15) is 9.18 Å². The van der Waals surface area contributed by atoms with Crippen LogP contribution in [0.2, 0.25) is 0 Å². The van der Waals surface area contributed by atoms with Gasteiger partial charge in [-0.3, -0.25) is 9.36 Å². The van der Waals surface area contributed by atoms with Crippen LogP contribution in [-0.2, 0) is 11.8 Å². The lowest BCUT2D eigenvalue weighted by molar-refractivity contribution is 0.0681. The van der Waals surface area contributed by atoms with E-state index in [1.54, 1.807) is 32.5 Å². The molecule has 1 saturated carbocycles. The first-order valence-corrected chi connectivity index (χ1v) is 9.63. The van der Waals surface area contributed by atoms with Crippen molar-refractivity contribution in [1.29, 1.82) is 0 Å². The predicted molar refractivity (Wildman–Crippen MR) is 108 cm³/mol. The first-order valence-electron chi connectivity index (χ1n) is 9.63. The van der Waals surface area contributed by atoms with Crippen molar-refractivity contribution in [2.75, 3.05) is 12.4 Å². The number of methoxy groups -OCH3 is 1. The summed E-state index contributed by atoms with van der Waals surface area (Å²) in [6, 6.07) is 7.77. The van der Waals surface area contributed by atoms with E-state index in [1.807, 2.05) is 0 Å². The SMILES string of the molecule is CO[C@H]1CC[C@H](Nc2ncc3cc(Oc4ccccc4F)c(=O)n(C)c3n2)CC1. The van der Waals surface area contributed by atoms with Crippen LogP contribution < -0.4 is 15.6 Å². The summed E-state index contributed by atoms with van der Waals surface area (Å²) in [5, 5.41) is 3.98. The Balaban J connectivity index is 1.59. The molecule has 152 valence electrons. The minimum atomic E-state index is -0.534. The van der Waals surface area contributed by atoms with Gasteiger partial charge in [0, 0.05) is 31.8 Å². The van der Waals surface area contributed by atoms with E-state index in [1.165, 1.54) is 22.8 Å². The van der Waals surface area contributed by atoms with Crippen molar-refractivity contribution < 1.29 is 13.9 Å². The average Bonchev–Trinajstić information content (AvgIpc) is 2.74. The Bertz CT molecular complexity index is 1080. The molecule has 0 aliphatic heterocycles. The van der Waals surface area contributed by atoms with E-state index >= 15 is 0 Å². The zero-order valence-corrected chi connectivity index (χ0v) is 16.4. The summed E-state index contributed by atoms with van der Waals surface area (Å²) in [6.07, 6.45) is 5.91. The van der Waals surface area contributed by atoms with E-state index < -0.39 is 11.4 Å². The van der Waals surface area contributed by atoms with Gasteiger partial charge in [-0.1, -0.05) is 12.1 Å². The summed E-state index contributed by atoms with van der Waals surface area (Å²) in [5.74, 6) is -0.0353. The molecule has 0 unspecified atom stereocenters. The van der Waals surface area contributed by atoms with Gasteiger partial charge < -0.3 is 14.8 Å². The summed E-state index contributed by atoms with van der Waals surface area (Å²) in [5.41, 5.74) is 0.0879. The lowest BCUT2D eigenvalue weighted by Gasteiger charge is -2.28. The molecule has 1 aliphatic rings. The number of pyridine rings is 1. The van der Waals surface area contributed by atoms with Gasteiger partial charge >= 0.3 is 0 Å². The van der Waals surface area contributed by atoms with Gasteiger partial charge in [0.1, 0.15) is 5.65 Å². The van der Waals surface area contributed by atoms with E-state index in [4.69, 9.17) is 9.47 Å². The number of aryl methyl sites for hydroxylation is 1. The summed E-state index contributed by atoms with van der Waals surface area (Å²) in [7, 11) is 3.36. The van der Waals surface area contributed by atoms with Crippen molar-refractivity contribution in [1.82, 2.24) is 14.5 Å². The fourth-order valence-electron chi connectivity index (χ4n) is 3.63. The number of nitrogens with zero attached hydrogens (tertiary/aromatic N) is 3. The van der Waals surface area contributed by atoms with Crippen LogP contribution in [0.15, 0.2) is 41.3 Å². The maximum Gasteiger partial charge on any atom is 0.294 e. The molecular weight excluding hydrogens is 375 g/mol. The highest BCUT2D eigenvalue weighted by molar-refractivity contribution is 5.76. The summed E-state index contributed by atoms with van der Waals surface area (Å²) in [4.78, 5) is 21.6. The van der Waals surface area contributed by atoms with E-state index in [0.717, 1.165) is 25.7 Å². The second-order valence-corrected chi connectivity index (χ2v) is 7.23. The first-order chi connectivity index (χ1) is 14.0. The van der Waals surface area contributed by atoms with Crippen molar-refractivity contribution in [2.24, 2.45) is 7.05 Å². The molecule has 0 bridgehead atoms. The average molecular weight is 398 g/mol. The van der Waals surface area contributed by atoms with Crippen LogP contribution >= 0.6 is 0 Å². The number of nitrogens with one attached hydrogen (secondary N) is 1. The Morgan fingerprint density at radius 3 is 2.66 bits per heavy atom. The number of anilines is 1. The second-order valence-electron chi connectivity index (χ2n) is 7.23. The minimum Gasteiger partial charge on any atom is -0.448 e. The molecule has 0 amide bonds. The second kappa shape index (κ2) is 8.16. The Kier molecular flexibility index (Phi) is 5.44. The van der Waals surface area contributed by atoms with Crippen LogP contribution in [0.1, 0.15) is 25.7 Å². The van der Waals surface area contributed by atoms with Gasteiger partial charge in [-0.05, 0) is 43.9 Å². The number of hydrogen-bond donors (Lipinski definition) is 1. The van der Waals surface area contributed by atoms with E-state index in [-0.39, 0.29) is 17.5 Å². The fraction of sp³-hybridized carbons (Fsp3) is 0.381. The number of fused-ring (bicyclic) bond motifs is 1. The number of ether oxygens (including phenoxy) is 2. The highest BCUT2D eigenvalue weighted by atomic mass is 19.1. The van der Waals surface area contributed by atoms with Gasteiger partial charge in [0.15, 0.2) is 17.3 Å². The fourth-order valence-corrected chi connectivity index (χ4v) is 3.63. The van der Waals surface area contributed by atoms with Gasteiger partial charge in [-0.25, -0.2) is 9.37 Å². The molecule has 0 saturated heterocycles. The molecular formula is C21H23FN4O3. The van der Waals surface area contributed by atoms with Crippen molar-refractivity contribution >= 4 is 17.0 Å². The standard InChI is InChI=1S/C21H23FN4O3/c1-26-19-13(11-18(20(26)27)29-17-6-4-3-5-16(17)22)12-23-21(25-19)24-14-7-9-15(28-2)10-8-14/h3-6,11-12,14-15H,7-10H2,1-2H3,(H,23,24,25)/t14-,15-. The molecule has 29 heavy (non-hydrogen) atoms. The van der Waals surface area contributed by atoms with Gasteiger partial charge in [0.2, 0.25) is 5.95 Å². The summed E-state index contributed by atoms with van der Waals surface area (Å²) >= 11 is 0. The van der Waals surface area contributed by atoms with E-state index in [0.29, 0.717) is 23.1 Å². The minimum absolute atomic E-state index is 0.00480. The molecule has 3 aromatic rings. The lowest BCUT2D eigenvalue weighted by atomic mass is 9.93. The maximum absolute atomic E-state index is 13.9.